The molecule has 0 saturated heterocycles. The van der Waals surface area contributed by atoms with Crippen molar-refractivity contribution in [2.24, 2.45) is 17.3 Å². The fourth-order valence-corrected chi connectivity index (χ4v) is 6.61. The number of carbonyl (C=O) groups excluding carboxylic acids is 1. The lowest BCUT2D eigenvalue weighted by Gasteiger charge is -2.35. The van der Waals surface area contributed by atoms with E-state index in [9.17, 15) is 9.90 Å². The van der Waals surface area contributed by atoms with Crippen LogP contribution in [0.3, 0.4) is 0 Å². The van der Waals surface area contributed by atoms with Gasteiger partial charge in [0.25, 0.3) is 0 Å². The van der Waals surface area contributed by atoms with Crippen molar-refractivity contribution < 1.29 is 28.3 Å². The van der Waals surface area contributed by atoms with E-state index in [1.54, 1.807) is 21.0 Å². The highest BCUT2D eigenvalue weighted by Crippen LogP contribution is 2.43. The maximum Gasteiger partial charge on any atom is 0.302 e. The third-order valence-electron chi connectivity index (χ3n) is 10.3. The average Bonchev–Trinajstić information content (AvgIpc) is 3.44. The van der Waals surface area contributed by atoms with Crippen LogP contribution >= 0.6 is 12.0 Å². The van der Waals surface area contributed by atoms with Gasteiger partial charge in [-0.1, -0.05) is 81.6 Å². The Bertz CT molecular complexity index is 1590. The zero-order valence-electron chi connectivity index (χ0n) is 38.5. The lowest BCUT2D eigenvalue weighted by Crippen LogP contribution is -2.45. The predicted molar refractivity (Wildman–Crippen MR) is 237 cm³/mol. The SMILES string of the molecule is CCCC(C)C.CCCOC[C@@H](C)CC.CCc1cnc(C(C)OC)c(-c2c(CC(C)(C)COC(C)=O)c3cc(SOC(C)(C)C(C)(C)O)ccc3n2CC)c1. The molecule has 0 spiro atoms. The van der Waals surface area contributed by atoms with Crippen LogP contribution < -0.4 is 0 Å². The first kappa shape index (κ1) is 51.6. The van der Waals surface area contributed by atoms with E-state index in [-0.39, 0.29) is 17.5 Å². The number of carbonyl (C=O) groups is 1. The lowest BCUT2D eigenvalue weighted by molar-refractivity contribution is -0.143. The molecule has 9 heteroatoms. The molecule has 8 nitrogen and oxygen atoms in total. The van der Waals surface area contributed by atoms with Gasteiger partial charge in [0.2, 0.25) is 0 Å². The minimum absolute atomic E-state index is 0.190. The van der Waals surface area contributed by atoms with Crippen LogP contribution in [-0.2, 0) is 42.6 Å². The molecule has 1 N–H and O–H groups in total. The van der Waals surface area contributed by atoms with Gasteiger partial charge in [0.15, 0.2) is 0 Å². The predicted octanol–water partition coefficient (Wildman–Crippen LogP) is 12.6. The molecule has 0 aliphatic heterocycles. The minimum atomic E-state index is -1.01. The van der Waals surface area contributed by atoms with E-state index < -0.39 is 11.2 Å². The highest BCUT2D eigenvalue weighted by Gasteiger charge is 2.37. The van der Waals surface area contributed by atoms with Crippen molar-refractivity contribution >= 4 is 28.9 Å². The number of hydrogen-bond acceptors (Lipinski definition) is 8. The molecule has 2 aromatic heterocycles. The van der Waals surface area contributed by atoms with Crippen LogP contribution in [0.25, 0.3) is 22.2 Å². The van der Waals surface area contributed by atoms with Gasteiger partial charge in [-0.05, 0) is 108 Å². The number of aryl methyl sites for hydroxylation is 2. The molecule has 0 bridgehead atoms. The van der Waals surface area contributed by atoms with Gasteiger partial charge in [-0.25, -0.2) is 0 Å². The molecule has 56 heavy (non-hydrogen) atoms. The van der Waals surface area contributed by atoms with E-state index in [4.69, 9.17) is 23.4 Å². The number of fused-ring (bicyclic) bond motifs is 1. The molecule has 0 radical (unpaired) electrons. The van der Waals surface area contributed by atoms with Gasteiger partial charge in [0, 0.05) is 78.8 Å². The summed E-state index contributed by atoms with van der Waals surface area (Å²) in [6.07, 6.45) is 8.37. The number of hydrogen-bond donors (Lipinski definition) is 1. The van der Waals surface area contributed by atoms with Crippen molar-refractivity contribution in [2.45, 2.75) is 178 Å². The molecule has 320 valence electrons. The molecule has 1 aromatic carbocycles. The van der Waals surface area contributed by atoms with Gasteiger partial charge in [-0.2, -0.15) is 0 Å². The van der Waals surface area contributed by atoms with Crippen molar-refractivity contribution in [3.8, 4) is 11.3 Å². The molecule has 0 aliphatic rings. The summed E-state index contributed by atoms with van der Waals surface area (Å²) in [5.74, 6) is 1.35. The van der Waals surface area contributed by atoms with Gasteiger partial charge in [0.1, 0.15) is 5.60 Å². The molecule has 1 unspecified atom stereocenters. The average molecular weight is 801 g/mol. The first-order valence-corrected chi connectivity index (χ1v) is 21.8. The number of benzene rings is 1. The largest absolute Gasteiger partial charge is 0.465 e. The van der Waals surface area contributed by atoms with Crippen LogP contribution in [0.4, 0.5) is 0 Å². The molecule has 0 fully saturated rings. The van der Waals surface area contributed by atoms with Crippen molar-refractivity contribution in [1.29, 1.82) is 0 Å². The maximum absolute atomic E-state index is 11.7. The van der Waals surface area contributed by atoms with Crippen LogP contribution in [0.1, 0.15) is 159 Å². The molecular formula is C47H80N2O6S. The van der Waals surface area contributed by atoms with E-state index in [1.165, 1.54) is 43.8 Å². The molecule has 3 rings (SSSR count). The monoisotopic (exact) mass is 801 g/mol. The van der Waals surface area contributed by atoms with E-state index in [2.05, 4.69) is 98.1 Å². The molecule has 2 atom stereocenters. The van der Waals surface area contributed by atoms with E-state index in [0.717, 1.165) is 82.7 Å². The second-order valence-corrected chi connectivity index (χ2v) is 18.2. The molecule has 0 amide bonds. The summed E-state index contributed by atoms with van der Waals surface area (Å²) in [4.78, 5) is 17.5. The smallest absolute Gasteiger partial charge is 0.302 e. The Balaban J connectivity index is 0.000000878. The van der Waals surface area contributed by atoms with E-state index in [0.29, 0.717) is 13.0 Å². The second kappa shape index (κ2) is 24.5. The van der Waals surface area contributed by atoms with Gasteiger partial charge in [-0.15, -0.1) is 0 Å². The van der Waals surface area contributed by atoms with Gasteiger partial charge >= 0.3 is 5.97 Å². The second-order valence-electron chi connectivity index (χ2n) is 17.4. The van der Waals surface area contributed by atoms with E-state index in [1.807, 2.05) is 27.0 Å². The van der Waals surface area contributed by atoms with Crippen LogP contribution in [0.2, 0.25) is 0 Å². The Morgan fingerprint density at radius 1 is 0.964 bits per heavy atom. The summed E-state index contributed by atoms with van der Waals surface area (Å²) < 4.78 is 25.1. The fourth-order valence-electron chi connectivity index (χ4n) is 5.81. The highest BCUT2D eigenvalue weighted by molar-refractivity contribution is 7.94. The number of pyridine rings is 1. The normalized spacial score (nSPS) is 13.2. The van der Waals surface area contributed by atoms with Crippen molar-refractivity contribution in [1.82, 2.24) is 9.55 Å². The third-order valence-corrected chi connectivity index (χ3v) is 11.2. The summed E-state index contributed by atoms with van der Waals surface area (Å²) in [7, 11) is 1.71. The topological polar surface area (TPSA) is 92.0 Å². The quantitative estimate of drug-likeness (QED) is 0.0686. The number of methoxy groups -OCH3 is 1. The van der Waals surface area contributed by atoms with Crippen LogP contribution in [-0.4, -0.2) is 58.8 Å². The molecule has 3 aromatic rings. The molecule has 0 saturated carbocycles. The Morgan fingerprint density at radius 2 is 1.62 bits per heavy atom. The summed E-state index contributed by atoms with van der Waals surface area (Å²) in [6.45, 7) is 35.5. The van der Waals surface area contributed by atoms with Crippen molar-refractivity contribution in [3.05, 3.63) is 47.3 Å². The number of esters is 1. The summed E-state index contributed by atoms with van der Waals surface area (Å²) in [6, 6.07) is 8.62. The molecule has 2 heterocycles. The van der Waals surface area contributed by atoms with Crippen molar-refractivity contribution in [3.63, 3.8) is 0 Å². The Morgan fingerprint density at radius 3 is 2.11 bits per heavy atom. The summed E-state index contributed by atoms with van der Waals surface area (Å²) in [5, 5.41) is 11.7. The Kier molecular flexibility index (Phi) is 22.6. The number of aliphatic hydroxyl groups is 1. The summed E-state index contributed by atoms with van der Waals surface area (Å²) >= 11 is 1.28. The number of aromatic nitrogens is 2. The lowest BCUT2D eigenvalue weighted by atomic mass is 9.84. The van der Waals surface area contributed by atoms with Crippen LogP contribution in [0.5, 0.6) is 0 Å². The van der Waals surface area contributed by atoms with Crippen LogP contribution in [0, 0.1) is 17.3 Å². The number of nitrogens with zero attached hydrogens (tertiary/aromatic N) is 2. The first-order valence-electron chi connectivity index (χ1n) is 21.1. The highest BCUT2D eigenvalue weighted by atomic mass is 32.2. The Labute approximate surface area is 346 Å². The van der Waals surface area contributed by atoms with E-state index >= 15 is 0 Å². The minimum Gasteiger partial charge on any atom is -0.465 e. The third kappa shape index (κ3) is 16.4. The number of ether oxygens (including phenoxy) is 3. The number of rotatable bonds is 20. The maximum atomic E-state index is 11.7. The zero-order chi connectivity index (χ0) is 42.9. The zero-order valence-corrected chi connectivity index (χ0v) is 39.3. The molecule has 0 aliphatic carbocycles. The van der Waals surface area contributed by atoms with Crippen LogP contribution in [0.15, 0.2) is 35.4 Å². The van der Waals surface area contributed by atoms with Gasteiger partial charge in [0.05, 0.1) is 29.7 Å². The fraction of sp³-hybridized carbons (Fsp3) is 0.702. The van der Waals surface area contributed by atoms with Gasteiger partial charge < -0.3 is 28.1 Å². The Hall–Kier alpha value is -2.43. The molecular weight excluding hydrogens is 721 g/mol. The van der Waals surface area contributed by atoms with Crippen molar-refractivity contribution in [2.75, 3.05) is 26.9 Å². The standard InChI is InChI=1S/C33H48N2O5S.C8H18O.C6H14/c1-12-23-16-26(29(34-19-23)21(3)38-11)30-27(18-31(5,6)20-39-22(4)36)25-17-24(14-15-28(25)35(30)13-2)41-40-33(9,10)32(7,8)37;1-4-6-9-7-8(3)5-2;1-4-5-6(2)3/h14-17,19,21,37H,12-13,18,20H2,1-11H3;8H,4-7H2,1-3H3;6H,4-5H2,1-3H3/t;8-;/m.0./s1. The first-order chi connectivity index (χ1) is 26.1. The summed E-state index contributed by atoms with van der Waals surface area (Å²) in [5.41, 5.74) is 4.41. The van der Waals surface area contributed by atoms with Gasteiger partial charge in [-0.3, -0.25) is 9.78 Å².